The Morgan fingerprint density at radius 3 is 2.43 bits per heavy atom. The highest BCUT2D eigenvalue weighted by Gasteiger charge is 2.51. The van der Waals surface area contributed by atoms with Gasteiger partial charge in [-0.05, 0) is 57.1 Å². The summed E-state index contributed by atoms with van der Waals surface area (Å²) >= 11 is 0. The first-order valence-corrected chi connectivity index (χ1v) is 7.49. The molecule has 0 radical (unpaired) electrons. The molecule has 112 valence electrons. The minimum absolute atomic E-state index is 0.146. The van der Waals surface area contributed by atoms with Gasteiger partial charge in [-0.15, -0.1) is 0 Å². The lowest BCUT2D eigenvalue weighted by atomic mass is 9.77. The van der Waals surface area contributed by atoms with E-state index in [1.807, 2.05) is 39.8 Å². The van der Waals surface area contributed by atoms with Crippen LogP contribution in [0.2, 0.25) is 0 Å². The van der Waals surface area contributed by atoms with Crippen LogP contribution in [-0.2, 0) is 20.5 Å². The number of hydrogen-bond donors (Lipinski definition) is 1. The molecule has 0 spiro atoms. The van der Waals surface area contributed by atoms with Crippen molar-refractivity contribution in [3.8, 4) is 0 Å². The van der Waals surface area contributed by atoms with Crippen LogP contribution in [-0.4, -0.2) is 24.2 Å². The predicted octanol–water partition coefficient (Wildman–Crippen LogP) is 1.50. The van der Waals surface area contributed by atoms with E-state index in [2.05, 4.69) is 6.07 Å². The molecule has 1 aromatic rings. The average Bonchev–Trinajstić information content (AvgIpc) is 2.87. The second kappa shape index (κ2) is 4.58. The summed E-state index contributed by atoms with van der Waals surface area (Å²) in [6, 6.07) is 6.08. The summed E-state index contributed by atoms with van der Waals surface area (Å²) in [5.41, 5.74) is 8.03. The number of amides is 1. The van der Waals surface area contributed by atoms with Crippen molar-refractivity contribution in [3.05, 3.63) is 29.3 Å². The van der Waals surface area contributed by atoms with Gasteiger partial charge in [0.05, 0.1) is 17.1 Å². The van der Waals surface area contributed by atoms with E-state index in [0.29, 0.717) is 0 Å². The molecule has 1 fully saturated rings. The standard InChI is InChI=1S/C16H22BNO3/c1-15(2)16(3,4)21-17(20-15)11-6-8-12-10(9-11)5-7-13(12)14(18)19/h6,8-9,13H,5,7H2,1-4H3,(H2,18,19)/t13-/m0/s1. The van der Waals surface area contributed by atoms with Crippen molar-refractivity contribution < 1.29 is 14.1 Å². The first-order chi connectivity index (χ1) is 9.71. The molecule has 0 saturated carbocycles. The monoisotopic (exact) mass is 287 g/mol. The average molecular weight is 287 g/mol. The molecule has 1 aliphatic heterocycles. The van der Waals surface area contributed by atoms with Crippen LogP contribution in [0.4, 0.5) is 0 Å². The molecule has 1 saturated heterocycles. The quantitative estimate of drug-likeness (QED) is 0.838. The summed E-state index contributed by atoms with van der Waals surface area (Å²) in [7, 11) is -0.354. The Balaban J connectivity index is 1.88. The van der Waals surface area contributed by atoms with Gasteiger partial charge in [-0.25, -0.2) is 0 Å². The van der Waals surface area contributed by atoms with Gasteiger partial charge in [-0.3, -0.25) is 4.79 Å². The van der Waals surface area contributed by atoms with Crippen LogP contribution in [0.3, 0.4) is 0 Å². The molecule has 1 aromatic carbocycles. The minimum Gasteiger partial charge on any atom is -0.399 e. The second-order valence-electron chi connectivity index (χ2n) is 7.04. The number of primary amides is 1. The molecule has 0 unspecified atom stereocenters. The van der Waals surface area contributed by atoms with Gasteiger partial charge in [-0.1, -0.05) is 18.2 Å². The molecule has 2 N–H and O–H groups in total. The van der Waals surface area contributed by atoms with Crippen LogP contribution in [0, 0.1) is 0 Å². The number of benzene rings is 1. The van der Waals surface area contributed by atoms with E-state index in [1.165, 1.54) is 5.56 Å². The topological polar surface area (TPSA) is 61.5 Å². The van der Waals surface area contributed by atoms with Crippen LogP contribution in [0.1, 0.15) is 51.2 Å². The second-order valence-corrected chi connectivity index (χ2v) is 7.04. The molecule has 1 atom stereocenters. The Morgan fingerprint density at radius 2 is 1.86 bits per heavy atom. The van der Waals surface area contributed by atoms with Gasteiger partial charge in [-0.2, -0.15) is 0 Å². The fraction of sp³-hybridized carbons (Fsp3) is 0.562. The molecule has 21 heavy (non-hydrogen) atoms. The third-order valence-electron chi connectivity index (χ3n) is 5.11. The smallest absolute Gasteiger partial charge is 0.399 e. The lowest BCUT2D eigenvalue weighted by molar-refractivity contribution is -0.119. The van der Waals surface area contributed by atoms with E-state index in [4.69, 9.17) is 15.0 Å². The van der Waals surface area contributed by atoms with Crippen LogP contribution >= 0.6 is 0 Å². The number of fused-ring (bicyclic) bond motifs is 1. The van der Waals surface area contributed by atoms with Crippen LogP contribution in [0.5, 0.6) is 0 Å². The number of carbonyl (C=O) groups is 1. The molecule has 0 bridgehead atoms. The minimum atomic E-state index is -0.354. The Hall–Kier alpha value is -1.33. The molecule has 1 amide bonds. The SMILES string of the molecule is CC1(C)OB(c2ccc3c(c2)CC[C@@H]3C(N)=O)OC1(C)C. The van der Waals surface area contributed by atoms with Crippen LogP contribution in [0.25, 0.3) is 0 Å². The van der Waals surface area contributed by atoms with E-state index in [-0.39, 0.29) is 30.1 Å². The predicted molar refractivity (Wildman–Crippen MR) is 82.4 cm³/mol. The Bertz CT molecular complexity index is 581. The molecule has 1 heterocycles. The van der Waals surface area contributed by atoms with E-state index >= 15 is 0 Å². The first-order valence-electron chi connectivity index (χ1n) is 7.49. The fourth-order valence-electron chi connectivity index (χ4n) is 3.06. The number of aryl methyl sites for hydroxylation is 1. The van der Waals surface area contributed by atoms with E-state index in [0.717, 1.165) is 23.9 Å². The van der Waals surface area contributed by atoms with Crippen molar-refractivity contribution in [1.82, 2.24) is 0 Å². The first kappa shape index (κ1) is 14.6. The van der Waals surface area contributed by atoms with Crippen LogP contribution in [0.15, 0.2) is 18.2 Å². The Morgan fingerprint density at radius 1 is 1.24 bits per heavy atom. The third kappa shape index (κ3) is 2.28. The zero-order chi connectivity index (χ0) is 15.4. The van der Waals surface area contributed by atoms with Crippen LogP contribution < -0.4 is 11.2 Å². The molecular weight excluding hydrogens is 265 g/mol. The molecule has 4 nitrogen and oxygen atoms in total. The largest absolute Gasteiger partial charge is 0.494 e. The van der Waals surface area contributed by atoms with Gasteiger partial charge in [0.25, 0.3) is 0 Å². The highest BCUT2D eigenvalue weighted by molar-refractivity contribution is 6.62. The van der Waals surface area contributed by atoms with Crippen molar-refractivity contribution in [2.45, 2.75) is 57.7 Å². The molecule has 1 aliphatic carbocycles. The molecule has 3 rings (SSSR count). The maximum atomic E-state index is 11.4. The third-order valence-corrected chi connectivity index (χ3v) is 5.11. The maximum Gasteiger partial charge on any atom is 0.494 e. The van der Waals surface area contributed by atoms with Gasteiger partial charge in [0, 0.05) is 0 Å². The van der Waals surface area contributed by atoms with E-state index < -0.39 is 0 Å². The molecule has 2 aliphatic rings. The maximum absolute atomic E-state index is 11.4. The van der Waals surface area contributed by atoms with E-state index in [9.17, 15) is 4.79 Å². The number of carbonyl (C=O) groups excluding carboxylic acids is 1. The summed E-state index contributed by atoms with van der Waals surface area (Å²) in [4.78, 5) is 11.4. The number of nitrogens with two attached hydrogens (primary N) is 1. The van der Waals surface area contributed by atoms with Gasteiger partial charge < -0.3 is 15.0 Å². The summed E-state index contributed by atoms with van der Waals surface area (Å²) in [6.07, 6.45) is 1.69. The lowest BCUT2D eigenvalue weighted by Gasteiger charge is -2.32. The van der Waals surface area contributed by atoms with Crippen molar-refractivity contribution in [2.75, 3.05) is 0 Å². The summed E-state index contributed by atoms with van der Waals surface area (Å²) in [5.74, 6) is -0.385. The summed E-state index contributed by atoms with van der Waals surface area (Å²) in [6.45, 7) is 8.18. The zero-order valence-corrected chi connectivity index (χ0v) is 13.1. The molecular formula is C16H22BNO3. The van der Waals surface area contributed by atoms with Crippen molar-refractivity contribution in [1.29, 1.82) is 0 Å². The molecule has 5 heteroatoms. The summed E-state index contributed by atoms with van der Waals surface area (Å²) < 4.78 is 12.1. The van der Waals surface area contributed by atoms with Gasteiger partial charge >= 0.3 is 7.12 Å². The van der Waals surface area contributed by atoms with Crippen molar-refractivity contribution in [3.63, 3.8) is 0 Å². The number of hydrogen-bond acceptors (Lipinski definition) is 3. The Kier molecular flexibility index (Phi) is 3.19. The number of rotatable bonds is 2. The van der Waals surface area contributed by atoms with Gasteiger partial charge in [0.2, 0.25) is 5.91 Å². The van der Waals surface area contributed by atoms with Gasteiger partial charge in [0.1, 0.15) is 0 Å². The highest BCUT2D eigenvalue weighted by Crippen LogP contribution is 2.37. The van der Waals surface area contributed by atoms with Gasteiger partial charge in [0.15, 0.2) is 0 Å². The lowest BCUT2D eigenvalue weighted by Crippen LogP contribution is -2.41. The van der Waals surface area contributed by atoms with E-state index in [1.54, 1.807) is 0 Å². The zero-order valence-electron chi connectivity index (χ0n) is 13.1. The fourth-order valence-corrected chi connectivity index (χ4v) is 3.06. The van der Waals surface area contributed by atoms with Crippen molar-refractivity contribution in [2.24, 2.45) is 5.73 Å². The van der Waals surface area contributed by atoms with Crippen molar-refractivity contribution >= 4 is 18.5 Å². The normalized spacial score (nSPS) is 25.9. The Labute approximate surface area is 126 Å². The summed E-state index contributed by atoms with van der Waals surface area (Å²) in [5, 5.41) is 0. The molecule has 0 aromatic heterocycles. The highest BCUT2D eigenvalue weighted by atomic mass is 16.7.